The first-order valence-corrected chi connectivity index (χ1v) is 19.9. The summed E-state index contributed by atoms with van der Waals surface area (Å²) in [4.78, 5) is 2.50. The molecule has 8 aromatic carbocycles. The van der Waals surface area contributed by atoms with Crippen molar-refractivity contribution in [2.45, 2.75) is 51.4 Å². The Morgan fingerprint density at radius 2 is 0.982 bits per heavy atom. The fourth-order valence-corrected chi connectivity index (χ4v) is 11.6. The number of hydrogen-bond donors (Lipinski definition) is 0. The van der Waals surface area contributed by atoms with Gasteiger partial charge < -0.3 is 4.90 Å². The highest BCUT2D eigenvalue weighted by Gasteiger charge is 2.53. The lowest BCUT2D eigenvalue weighted by molar-refractivity contribution is 0.658. The molecule has 0 heterocycles. The van der Waals surface area contributed by atoms with E-state index in [0.29, 0.717) is 0 Å². The van der Waals surface area contributed by atoms with Crippen molar-refractivity contribution in [3.05, 3.63) is 207 Å². The molecule has 1 heteroatoms. The fraction of sp³-hybridized carbons (Fsp3) is 0.148. The minimum absolute atomic E-state index is 0.308. The summed E-state index contributed by atoms with van der Waals surface area (Å²) in [6.45, 7) is 9.37. The Bertz CT molecular complexity index is 2890. The number of nitrogens with zero attached hydrogens (tertiary/aromatic N) is 1. The Morgan fingerprint density at radius 3 is 1.64 bits per heavy atom. The smallest absolute Gasteiger partial charge is 0.0725 e. The van der Waals surface area contributed by atoms with Gasteiger partial charge in [-0.3, -0.25) is 0 Å². The molecule has 0 bridgehead atoms. The van der Waals surface area contributed by atoms with Crippen molar-refractivity contribution < 1.29 is 0 Å². The third-order valence-corrected chi connectivity index (χ3v) is 13.6. The largest absolute Gasteiger partial charge is 0.310 e. The van der Waals surface area contributed by atoms with Crippen molar-refractivity contribution in [3.63, 3.8) is 0 Å². The summed E-state index contributed by atoms with van der Waals surface area (Å²) in [6, 6.07) is 58.3. The van der Waals surface area contributed by atoms with Crippen LogP contribution in [0.2, 0.25) is 0 Å². The average molecular weight is 704 g/mol. The Labute approximate surface area is 323 Å². The molecule has 0 fully saturated rings. The van der Waals surface area contributed by atoms with Crippen LogP contribution in [-0.4, -0.2) is 0 Å². The topological polar surface area (TPSA) is 3.24 Å². The molecule has 12 rings (SSSR count). The lowest BCUT2D eigenvalue weighted by Gasteiger charge is -2.42. The van der Waals surface area contributed by atoms with Crippen molar-refractivity contribution in [2.75, 3.05) is 4.90 Å². The van der Waals surface area contributed by atoms with Gasteiger partial charge in [0, 0.05) is 16.8 Å². The third-order valence-electron chi connectivity index (χ3n) is 13.6. The van der Waals surface area contributed by atoms with Gasteiger partial charge in [-0.1, -0.05) is 135 Å². The molecule has 0 radical (unpaired) electrons. The predicted molar refractivity (Wildman–Crippen MR) is 229 cm³/mol. The molecule has 0 saturated heterocycles. The number of rotatable bonds is 3. The van der Waals surface area contributed by atoms with Gasteiger partial charge in [0.1, 0.15) is 0 Å². The van der Waals surface area contributed by atoms with Crippen molar-refractivity contribution in [1.82, 2.24) is 0 Å². The first-order chi connectivity index (χ1) is 26.9. The van der Waals surface area contributed by atoms with Gasteiger partial charge >= 0.3 is 0 Å². The minimum Gasteiger partial charge on any atom is -0.310 e. The van der Waals surface area contributed by atoms with Gasteiger partial charge in [0.2, 0.25) is 0 Å². The van der Waals surface area contributed by atoms with Crippen LogP contribution in [-0.2, 0) is 23.7 Å². The molecule has 1 nitrogen and oxygen atoms in total. The van der Waals surface area contributed by atoms with Crippen molar-refractivity contribution in [3.8, 4) is 33.4 Å². The SMILES string of the molecule is Cc1cccc(N(c2cccc(C)c2)c2cccc3c2C(C)(C)c2c-3ccc3c2-c2ccc4c5c(ccc(c25)C32c3ccccc3-c3ccccc32)CC4)c1. The van der Waals surface area contributed by atoms with E-state index in [1.807, 2.05) is 0 Å². The van der Waals surface area contributed by atoms with Crippen molar-refractivity contribution in [1.29, 1.82) is 0 Å². The second-order valence-corrected chi connectivity index (χ2v) is 16.9. The molecule has 0 aromatic heterocycles. The van der Waals surface area contributed by atoms with Gasteiger partial charge in [-0.2, -0.15) is 0 Å². The maximum atomic E-state index is 2.51. The predicted octanol–water partition coefficient (Wildman–Crippen LogP) is 13.7. The third kappa shape index (κ3) is 3.83. The Kier molecular flexibility index (Phi) is 6.09. The number of benzene rings is 8. The first kappa shape index (κ1) is 31.2. The van der Waals surface area contributed by atoms with Crippen LogP contribution >= 0.6 is 0 Å². The van der Waals surface area contributed by atoms with Gasteiger partial charge in [-0.05, 0) is 157 Å². The van der Waals surface area contributed by atoms with Gasteiger partial charge in [0.25, 0.3) is 0 Å². The molecule has 4 aliphatic rings. The van der Waals surface area contributed by atoms with E-state index in [1.54, 1.807) is 0 Å². The van der Waals surface area contributed by atoms with Crippen LogP contribution in [0.25, 0.3) is 44.2 Å². The highest BCUT2D eigenvalue weighted by Crippen LogP contribution is 2.66. The van der Waals surface area contributed by atoms with Crippen molar-refractivity contribution in [2.24, 2.45) is 0 Å². The van der Waals surface area contributed by atoms with E-state index in [9.17, 15) is 0 Å². The summed E-state index contributed by atoms with van der Waals surface area (Å²) in [5, 5.41) is 2.96. The molecule has 55 heavy (non-hydrogen) atoms. The van der Waals surface area contributed by atoms with Crippen LogP contribution in [0.3, 0.4) is 0 Å². The Hall–Kier alpha value is -6.18. The minimum atomic E-state index is -0.423. The Morgan fingerprint density at radius 1 is 0.436 bits per heavy atom. The molecular formula is C54H41N. The van der Waals surface area contributed by atoms with Crippen LogP contribution < -0.4 is 4.90 Å². The van der Waals surface area contributed by atoms with E-state index in [2.05, 4.69) is 184 Å². The van der Waals surface area contributed by atoms with Crippen LogP contribution in [0, 0.1) is 13.8 Å². The number of hydrogen-bond acceptors (Lipinski definition) is 1. The quantitative estimate of drug-likeness (QED) is 0.177. The number of fused-ring (bicyclic) bond motifs is 13. The van der Waals surface area contributed by atoms with E-state index in [1.165, 1.54) is 117 Å². The zero-order valence-electron chi connectivity index (χ0n) is 31.8. The molecule has 0 aliphatic heterocycles. The van der Waals surface area contributed by atoms with E-state index in [0.717, 1.165) is 12.8 Å². The molecular weight excluding hydrogens is 663 g/mol. The molecule has 8 aromatic rings. The van der Waals surface area contributed by atoms with Crippen LogP contribution in [0.4, 0.5) is 17.1 Å². The zero-order valence-corrected chi connectivity index (χ0v) is 31.8. The zero-order chi connectivity index (χ0) is 36.8. The summed E-state index contributed by atoms with van der Waals surface area (Å²) in [7, 11) is 0. The van der Waals surface area contributed by atoms with Gasteiger partial charge in [0.15, 0.2) is 0 Å². The summed E-state index contributed by atoms with van der Waals surface area (Å²) in [6.07, 6.45) is 2.23. The van der Waals surface area contributed by atoms with Gasteiger partial charge in [0.05, 0.1) is 11.1 Å². The highest BCUT2D eigenvalue weighted by molar-refractivity contribution is 6.12. The molecule has 0 unspecified atom stereocenters. The summed E-state index contributed by atoms with van der Waals surface area (Å²) < 4.78 is 0. The van der Waals surface area contributed by atoms with E-state index < -0.39 is 5.41 Å². The first-order valence-electron chi connectivity index (χ1n) is 19.9. The average Bonchev–Trinajstić information content (AvgIpc) is 3.83. The molecule has 4 aliphatic carbocycles. The fourth-order valence-electron chi connectivity index (χ4n) is 11.6. The second kappa shape index (κ2) is 10.7. The Balaban J connectivity index is 1.21. The van der Waals surface area contributed by atoms with E-state index in [-0.39, 0.29) is 5.41 Å². The molecule has 1 spiro atoms. The molecule has 262 valence electrons. The lowest BCUT2D eigenvalue weighted by Crippen LogP contribution is -2.33. The normalized spacial score (nSPS) is 15.4. The maximum absolute atomic E-state index is 2.51. The number of anilines is 3. The highest BCUT2D eigenvalue weighted by atomic mass is 15.1. The van der Waals surface area contributed by atoms with Gasteiger partial charge in [-0.25, -0.2) is 0 Å². The summed E-state index contributed by atoms with van der Waals surface area (Å²) in [5.74, 6) is 0. The molecule has 0 N–H and O–H groups in total. The van der Waals surface area contributed by atoms with Crippen LogP contribution in [0.1, 0.15) is 69.5 Å². The second-order valence-electron chi connectivity index (χ2n) is 16.9. The van der Waals surface area contributed by atoms with E-state index in [4.69, 9.17) is 0 Å². The monoisotopic (exact) mass is 703 g/mol. The maximum Gasteiger partial charge on any atom is 0.0725 e. The molecule has 0 saturated carbocycles. The number of aryl methyl sites for hydroxylation is 4. The molecule has 0 atom stereocenters. The van der Waals surface area contributed by atoms with Crippen molar-refractivity contribution >= 4 is 27.8 Å². The van der Waals surface area contributed by atoms with Gasteiger partial charge in [-0.15, -0.1) is 0 Å². The molecule has 0 amide bonds. The van der Waals surface area contributed by atoms with Crippen LogP contribution in [0.5, 0.6) is 0 Å². The summed E-state index contributed by atoms with van der Waals surface area (Å²) in [5.41, 5.74) is 25.1. The summed E-state index contributed by atoms with van der Waals surface area (Å²) >= 11 is 0. The van der Waals surface area contributed by atoms with E-state index >= 15 is 0 Å². The lowest BCUT2D eigenvalue weighted by atomic mass is 9.59. The van der Waals surface area contributed by atoms with Crippen LogP contribution in [0.15, 0.2) is 152 Å². The standard InChI is InChI=1S/C54H41N/c1-32-12-9-14-36(30-32)55(37-15-10-13-33(2)31-37)47-21-11-18-40-41-27-29-46-50(52(41)53(3,4)51(40)47)42-26-24-34-22-23-35-25-28-45(49(42)48(34)35)54(46)43-19-7-5-16-38(43)39-17-6-8-20-44(39)54/h5-21,24-31H,22-23H2,1-4H3.